The highest BCUT2D eigenvalue weighted by molar-refractivity contribution is 8.11. The fraction of sp³-hybridized carbons (Fsp3) is 0.333. The molecule has 1 heterocycles. The summed E-state index contributed by atoms with van der Waals surface area (Å²) in [5, 5.41) is 0. The van der Waals surface area contributed by atoms with Gasteiger partial charge in [0, 0.05) is 6.20 Å². The van der Waals surface area contributed by atoms with Crippen molar-refractivity contribution < 1.29 is 43.2 Å². The molecule has 0 fully saturated rings. The Morgan fingerprint density at radius 3 is 1.55 bits per heavy atom. The first-order valence-corrected chi connectivity index (χ1v) is 7.17. The van der Waals surface area contributed by atoms with E-state index in [1.165, 1.54) is 0 Å². The number of sulfonamides is 2. The number of rotatable bonds is 3. The third kappa shape index (κ3) is 2.56. The van der Waals surface area contributed by atoms with E-state index in [2.05, 4.69) is 0 Å². The number of nitrogens with one attached hydrogen (secondary N) is 1. The number of aromatic amines is 1. The van der Waals surface area contributed by atoms with Gasteiger partial charge in [-0.1, -0.05) is 0 Å². The Hall–Kier alpha value is -1.44. The molecule has 0 amide bonds. The number of halogens is 6. The molecule has 0 aromatic carbocycles. The van der Waals surface area contributed by atoms with Crippen LogP contribution in [0.15, 0.2) is 18.3 Å². The molecule has 0 aliphatic rings. The smallest absolute Gasteiger partial charge is 0.347 e. The second kappa shape index (κ2) is 4.54. The van der Waals surface area contributed by atoms with Gasteiger partial charge in [0.15, 0.2) is 0 Å². The molecule has 116 valence electrons. The summed E-state index contributed by atoms with van der Waals surface area (Å²) in [4.78, 5) is 1.66. The molecule has 0 spiro atoms. The minimum absolute atomic E-state index is 0.423. The predicted octanol–water partition coefficient (Wildman–Crippen LogP) is 1.52. The molecule has 1 aromatic rings. The zero-order valence-electron chi connectivity index (χ0n) is 8.90. The Morgan fingerprint density at radius 2 is 1.30 bits per heavy atom. The topological polar surface area (TPSA) is 87.3 Å². The van der Waals surface area contributed by atoms with Crippen LogP contribution in [0.4, 0.5) is 32.2 Å². The van der Waals surface area contributed by atoms with Gasteiger partial charge in [0.1, 0.15) is 5.82 Å². The van der Waals surface area contributed by atoms with Gasteiger partial charge in [0.05, 0.1) is 0 Å². The van der Waals surface area contributed by atoms with Crippen molar-refractivity contribution in [2.24, 2.45) is 0 Å². The van der Waals surface area contributed by atoms with Gasteiger partial charge < -0.3 is 4.98 Å². The normalized spacial score (nSPS) is 14.3. The third-order valence-corrected chi connectivity index (χ3v) is 5.41. The highest BCUT2D eigenvalue weighted by Gasteiger charge is 2.62. The van der Waals surface area contributed by atoms with Crippen LogP contribution in [0.5, 0.6) is 0 Å². The Bertz CT molecular complexity index is 628. The van der Waals surface area contributed by atoms with Crippen LogP contribution in [0.1, 0.15) is 0 Å². The summed E-state index contributed by atoms with van der Waals surface area (Å²) < 4.78 is 116. The van der Waals surface area contributed by atoms with E-state index in [1.807, 2.05) is 0 Å². The first kappa shape index (κ1) is 16.6. The summed E-state index contributed by atoms with van der Waals surface area (Å²) in [6.07, 6.45) is 0.750. The molecule has 0 aliphatic carbocycles. The largest absolute Gasteiger partial charge is 0.517 e. The highest BCUT2D eigenvalue weighted by atomic mass is 32.3. The van der Waals surface area contributed by atoms with E-state index >= 15 is 0 Å². The van der Waals surface area contributed by atoms with Crippen molar-refractivity contribution >= 4 is 25.9 Å². The third-order valence-electron chi connectivity index (χ3n) is 1.80. The number of hydrogen-bond acceptors (Lipinski definition) is 4. The fourth-order valence-corrected chi connectivity index (χ4v) is 3.67. The van der Waals surface area contributed by atoms with Crippen LogP contribution in [-0.4, -0.2) is 32.8 Å². The van der Waals surface area contributed by atoms with Gasteiger partial charge >= 0.3 is 31.1 Å². The molecule has 14 heteroatoms. The van der Waals surface area contributed by atoms with Crippen molar-refractivity contribution in [2.75, 3.05) is 3.71 Å². The molecule has 0 saturated heterocycles. The molecule has 0 aliphatic heterocycles. The highest BCUT2D eigenvalue weighted by Crippen LogP contribution is 2.37. The summed E-state index contributed by atoms with van der Waals surface area (Å²) in [5.74, 6) is -1.42. The number of alkyl halides is 6. The van der Waals surface area contributed by atoms with Crippen molar-refractivity contribution in [1.29, 1.82) is 0 Å². The molecule has 1 N–H and O–H groups in total. The molecule has 20 heavy (non-hydrogen) atoms. The Labute approximate surface area is 108 Å². The zero-order chi connectivity index (χ0) is 16.0. The summed E-state index contributed by atoms with van der Waals surface area (Å²) in [7, 11) is -13.6. The van der Waals surface area contributed by atoms with Crippen LogP contribution in [0.25, 0.3) is 0 Å². The number of H-pyrrole nitrogens is 1. The van der Waals surface area contributed by atoms with Crippen molar-refractivity contribution in [2.45, 2.75) is 11.0 Å². The molecule has 0 atom stereocenters. The van der Waals surface area contributed by atoms with Gasteiger partial charge in [0.2, 0.25) is 0 Å². The standard InChI is InChI=1S/C6H4F6N2O4S2/c7-5(8,9)19(15,16)14(4-2-1-3-13-4)20(17,18)6(10,11)12/h1-3,13H. The molecule has 0 radical (unpaired) electrons. The SMILES string of the molecule is O=S(=O)(N(c1ccc[nH]1)S(=O)(=O)C(F)(F)F)C(F)(F)F. The van der Waals surface area contributed by atoms with Gasteiger partial charge in [-0.3, -0.25) is 0 Å². The van der Waals surface area contributed by atoms with Crippen LogP contribution < -0.4 is 3.71 Å². The van der Waals surface area contributed by atoms with E-state index < -0.39 is 40.6 Å². The van der Waals surface area contributed by atoms with Gasteiger partial charge in [-0.05, 0) is 12.1 Å². The molecule has 0 saturated carbocycles. The summed E-state index contributed by atoms with van der Waals surface area (Å²) in [5.41, 5.74) is -12.5. The van der Waals surface area contributed by atoms with Gasteiger partial charge in [-0.25, -0.2) is 0 Å². The van der Waals surface area contributed by atoms with E-state index in [-0.39, 0.29) is 0 Å². The van der Waals surface area contributed by atoms with Gasteiger partial charge in [0.25, 0.3) is 0 Å². The van der Waals surface area contributed by atoms with Crippen molar-refractivity contribution in [3.63, 3.8) is 0 Å². The first-order valence-electron chi connectivity index (χ1n) is 4.29. The van der Waals surface area contributed by atoms with Gasteiger partial charge in [-0.15, -0.1) is 3.71 Å². The number of aromatic nitrogens is 1. The van der Waals surface area contributed by atoms with Crippen LogP contribution >= 0.6 is 0 Å². The van der Waals surface area contributed by atoms with Crippen LogP contribution in [0.2, 0.25) is 0 Å². The Kier molecular flexibility index (Phi) is 3.77. The quantitative estimate of drug-likeness (QED) is 0.841. The summed E-state index contributed by atoms with van der Waals surface area (Å²) >= 11 is 0. The maximum Gasteiger partial charge on any atom is 0.517 e. The average Bonchev–Trinajstić information content (AvgIpc) is 2.66. The maximum atomic E-state index is 12.3. The summed E-state index contributed by atoms with van der Waals surface area (Å²) in [6, 6.07) is 1.24. The van der Waals surface area contributed by atoms with Crippen LogP contribution in [0, 0.1) is 0 Å². The lowest BCUT2D eigenvalue weighted by molar-refractivity contribution is -0.0462. The average molecular weight is 346 g/mol. The fourth-order valence-electron chi connectivity index (χ4n) is 1.01. The lowest BCUT2D eigenvalue weighted by Crippen LogP contribution is -2.49. The van der Waals surface area contributed by atoms with E-state index in [1.54, 1.807) is 4.98 Å². The minimum atomic E-state index is -6.81. The predicted molar refractivity (Wildman–Crippen MR) is 53.2 cm³/mol. The van der Waals surface area contributed by atoms with Crippen molar-refractivity contribution in [1.82, 2.24) is 4.98 Å². The van der Waals surface area contributed by atoms with Crippen LogP contribution in [-0.2, 0) is 20.0 Å². The lowest BCUT2D eigenvalue weighted by atomic mass is 10.6. The maximum absolute atomic E-state index is 12.3. The van der Waals surface area contributed by atoms with E-state index in [0.717, 1.165) is 12.3 Å². The summed E-state index contributed by atoms with van der Waals surface area (Å²) in [6.45, 7) is 0. The monoisotopic (exact) mass is 346 g/mol. The molecular weight excluding hydrogens is 342 g/mol. The van der Waals surface area contributed by atoms with E-state index in [0.29, 0.717) is 6.07 Å². The number of anilines is 1. The zero-order valence-corrected chi connectivity index (χ0v) is 10.5. The Morgan fingerprint density at radius 1 is 0.900 bits per heavy atom. The molecule has 6 nitrogen and oxygen atoms in total. The second-order valence-electron chi connectivity index (χ2n) is 3.15. The first-order chi connectivity index (χ1) is 8.73. The lowest BCUT2D eigenvalue weighted by Gasteiger charge is -2.24. The second-order valence-corrected chi connectivity index (χ2v) is 6.94. The van der Waals surface area contributed by atoms with Gasteiger partial charge in [-0.2, -0.15) is 43.2 Å². The van der Waals surface area contributed by atoms with Crippen molar-refractivity contribution in [3.05, 3.63) is 18.3 Å². The Balaban J connectivity index is 3.66. The minimum Gasteiger partial charge on any atom is -0.347 e. The molecule has 0 unspecified atom stereocenters. The molecule has 1 rings (SSSR count). The molecular formula is C6H4F6N2O4S2. The number of nitrogens with zero attached hydrogens (tertiary/aromatic N) is 1. The van der Waals surface area contributed by atoms with Crippen LogP contribution in [0.3, 0.4) is 0 Å². The molecule has 0 bridgehead atoms. The van der Waals surface area contributed by atoms with E-state index in [4.69, 9.17) is 0 Å². The molecule has 1 aromatic heterocycles. The van der Waals surface area contributed by atoms with Crippen molar-refractivity contribution in [3.8, 4) is 0 Å². The van der Waals surface area contributed by atoms with E-state index in [9.17, 15) is 43.2 Å². The number of hydrogen-bond donors (Lipinski definition) is 1.